The van der Waals surface area contributed by atoms with Crippen LogP contribution in [0.4, 0.5) is 4.79 Å². The molecule has 2 aliphatic heterocycles. The first-order valence-corrected chi connectivity index (χ1v) is 9.34. The smallest absolute Gasteiger partial charge is 0.407 e. The Balaban J connectivity index is 1.11. The minimum absolute atomic E-state index is 0.276. The van der Waals surface area contributed by atoms with Crippen molar-refractivity contribution in [1.29, 1.82) is 0 Å². The highest BCUT2D eigenvalue weighted by atomic mass is 16.6. The summed E-state index contributed by atoms with van der Waals surface area (Å²) < 4.78 is 5.33. The van der Waals surface area contributed by atoms with Crippen LogP contribution in [0.1, 0.15) is 46.5 Å². The number of nitrogens with one attached hydrogen (secondary N) is 2. The number of nitrogens with zero attached hydrogens (tertiary/aromatic N) is 2. The molecule has 6 nitrogen and oxygen atoms in total. The number of rotatable bonds is 3. The van der Waals surface area contributed by atoms with Gasteiger partial charge in [0.25, 0.3) is 0 Å². The fraction of sp³-hybridized carbons (Fsp3) is 0.944. The molecular weight excluding hydrogens is 304 g/mol. The van der Waals surface area contributed by atoms with E-state index in [1.54, 1.807) is 0 Å². The van der Waals surface area contributed by atoms with Crippen LogP contribution in [0.15, 0.2) is 0 Å². The maximum absolute atomic E-state index is 11.8. The van der Waals surface area contributed by atoms with Gasteiger partial charge in [0.15, 0.2) is 0 Å². The molecule has 6 heteroatoms. The number of hydrogen-bond acceptors (Lipinski definition) is 5. The van der Waals surface area contributed by atoms with Gasteiger partial charge in [-0.15, -0.1) is 0 Å². The Morgan fingerprint density at radius 1 is 1.00 bits per heavy atom. The monoisotopic (exact) mass is 336 g/mol. The summed E-state index contributed by atoms with van der Waals surface area (Å²) >= 11 is 0. The third-order valence-electron chi connectivity index (χ3n) is 6.07. The number of amides is 1. The lowest BCUT2D eigenvalue weighted by Gasteiger charge is -2.63. The molecule has 2 aliphatic carbocycles. The fourth-order valence-corrected chi connectivity index (χ4v) is 5.37. The van der Waals surface area contributed by atoms with Gasteiger partial charge in [-0.2, -0.15) is 0 Å². The molecule has 4 fully saturated rings. The molecule has 4 aliphatic rings. The highest BCUT2D eigenvalue weighted by Gasteiger charge is 2.55. The van der Waals surface area contributed by atoms with Crippen molar-refractivity contribution >= 4 is 6.09 Å². The third kappa shape index (κ3) is 3.16. The van der Waals surface area contributed by atoms with Gasteiger partial charge in [-0.25, -0.2) is 9.80 Å². The van der Waals surface area contributed by atoms with E-state index in [0.717, 1.165) is 25.9 Å². The van der Waals surface area contributed by atoms with Gasteiger partial charge in [-0.1, -0.05) is 0 Å². The molecule has 2 saturated heterocycles. The normalized spacial score (nSPS) is 29.5. The van der Waals surface area contributed by atoms with E-state index in [9.17, 15) is 4.79 Å². The second-order valence-electron chi connectivity index (χ2n) is 10.0. The molecule has 2 heterocycles. The Bertz CT molecular complexity index is 502. The van der Waals surface area contributed by atoms with E-state index < -0.39 is 5.60 Å². The van der Waals surface area contributed by atoms with Crippen LogP contribution < -0.4 is 10.7 Å². The van der Waals surface area contributed by atoms with Crippen molar-refractivity contribution < 1.29 is 9.53 Å². The molecule has 2 N–H and O–H groups in total. The van der Waals surface area contributed by atoms with Crippen molar-refractivity contribution in [2.45, 2.75) is 64.1 Å². The maximum Gasteiger partial charge on any atom is 0.407 e. The van der Waals surface area contributed by atoms with E-state index in [4.69, 9.17) is 4.74 Å². The van der Waals surface area contributed by atoms with Crippen molar-refractivity contribution in [2.75, 3.05) is 33.2 Å². The van der Waals surface area contributed by atoms with E-state index in [-0.39, 0.29) is 6.09 Å². The first-order chi connectivity index (χ1) is 11.1. The first-order valence-electron chi connectivity index (χ1n) is 9.34. The van der Waals surface area contributed by atoms with Crippen LogP contribution in [-0.4, -0.2) is 66.9 Å². The van der Waals surface area contributed by atoms with Crippen LogP contribution >= 0.6 is 0 Å². The summed E-state index contributed by atoms with van der Waals surface area (Å²) in [5.41, 5.74) is 4.37. The topological polar surface area (TPSA) is 56.8 Å². The zero-order valence-electron chi connectivity index (χ0n) is 15.5. The number of likely N-dealkylation sites (tertiary alicyclic amines) is 1. The summed E-state index contributed by atoms with van der Waals surface area (Å²) in [4.78, 5) is 14.2. The van der Waals surface area contributed by atoms with Gasteiger partial charge in [0.2, 0.25) is 0 Å². The van der Waals surface area contributed by atoms with Gasteiger partial charge in [0.05, 0.1) is 0 Å². The molecule has 0 atom stereocenters. The summed E-state index contributed by atoms with van der Waals surface area (Å²) in [7, 11) is 2.21. The molecule has 2 saturated carbocycles. The lowest BCUT2D eigenvalue weighted by Crippen LogP contribution is -2.73. The molecule has 0 bridgehead atoms. The number of carbonyl (C=O) groups is 1. The van der Waals surface area contributed by atoms with Gasteiger partial charge in [0.1, 0.15) is 5.60 Å². The molecule has 0 aromatic rings. The van der Waals surface area contributed by atoms with Crippen molar-refractivity contribution in [2.24, 2.45) is 10.8 Å². The van der Waals surface area contributed by atoms with Gasteiger partial charge in [-0.05, 0) is 58.9 Å². The Morgan fingerprint density at radius 2 is 1.54 bits per heavy atom. The molecule has 2 spiro atoms. The Hall–Kier alpha value is -0.850. The third-order valence-corrected chi connectivity index (χ3v) is 6.07. The van der Waals surface area contributed by atoms with Gasteiger partial charge in [-0.3, -0.25) is 5.43 Å². The molecule has 136 valence electrons. The molecule has 4 rings (SSSR count). The maximum atomic E-state index is 11.8. The molecule has 0 unspecified atom stereocenters. The summed E-state index contributed by atoms with van der Waals surface area (Å²) in [6, 6.07) is 0.978. The standard InChI is InChI=1S/C18H32N4O2/c1-16(2,3)24-15(23)19-13-5-18(6-13)11-22(12-18)20-14-7-17(8-14)9-21(4)10-17/h13-14,20H,5-12H2,1-4H3,(H,19,23). The molecule has 0 aromatic carbocycles. The predicted octanol–water partition coefficient (Wildman–Crippen LogP) is 1.57. The number of hydrazine groups is 1. The van der Waals surface area contributed by atoms with Crippen LogP contribution in [0.2, 0.25) is 0 Å². The average molecular weight is 336 g/mol. The van der Waals surface area contributed by atoms with Crippen LogP contribution in [-0.2, 0) is 4.74 Å². The highest BCUT2D eigenvalue weighted by Crippen LogP contribution is 2.50. The van der Waals surface area contributed by atoms with Gasteiger partial charge >= 0.3 is 6.09 Å². The Kier molecular flexibility index (Phi) is 3.68. The van der Waals surface area contributed by atoms with E-state index in [2.05, 4.69) is 27.7 Å². The SMILES string of the molecule is CN1CC2(CC(NN3CC4(CC(NC(=O)OC(C)(C)C)C4)C3)C2)C1. The molecule has 0 radical (unpaired) electrons. The largest absolute Gasteiger partial charge is 0.444 e. The number of alkyl carbamates (subject to hydrolysis) is 1. The fourth-order valence-electron chi connectivity index (χ4n) is 5.37. The molecule has 0 aromatic heterocycles. The van der Waals surface area contributed by atoms with Crippen LogP contribution in [0.5, 0.6) is 0 Å². The van der Waals surface area contributed by atoms with Crippen LogP contribution in [0, 0.1) is 10.8 Å². The van der Waals surface area contributed by atoms with Crippen molar-refractivity contribution in [3.63, 3.8) is 0 Å². The zero-order chi connectivity index (χ0) is 17.2. The van der Waals surface area contributed by atoms with Gasteiger partial charge in [0, 0.05) is 43.7 Å². The second kappa shape index (κ2) is 5.32. The highest BCUT2D eigenvalue weighted by molar-refractivity contribution is 5.68. The number of carbonyl (C=O) groups excluding carboxylic acids is 1. The van der Waals surface area contributed by atoms with E-state index in [1.807, 2.05) is 20.8 Å². The van der Waals surface area contributed by atoms with Crippen molar-refractivity contribution in [3.8, 4) is 0 Å². The average Bonchev–Trinajstić information content (AvgIpc) is 2.25. The van der Waals surface area contributed by atoms with E-state index >= 15 is 0 Å². The zero-order valence-corrected chi connectivity index (χ0v) is 15.5. The molecule has 24 heavy (non-hydrogen) atoms. The predicted molar refractivity (Wildman–Crippen MR) is 92.5 cm³/mol. The van der Waals surface area contributed by atoms with E-state index in [1.165, 1.54) is 25.9 Å². The van der Waals surface area contributed by atoms with Crippen LogP contribution in [0.25, 0.3) is 0 Å². The quantitative estimate of drug-likeness (QED) is 0.819. The first kappa shape index (κ1) is 16.6. The molecule has 1 amide bonds. The number of ether oxygens (including phenoxy) is 1. The number of hydrogen-bond donors (Lipinski definition) is 2. The Morgan fingerprint density at radius 3 is 2.08 bits per heavy atom. The Labute approximate surface area is 145 Å². The summed E-state index contributed by atoms with van der Waals surface area (Å²) in [6.45, 7) is 10.5. The lowest BCUT2D eigenvalue weighted by atomic mass is 9.60. The summed E-state index contributed by atoms with van der Waals surface area (Å²) in [5, 5.41) is 5.39. The molecular formula is C18H32N4O2. The minimum Gasteiger partial charge on any atom is -0.444 e. The van der Waals surface area contributed by atoms with Crippen molar-refractivity contribution in [1.82, 2.24) is 20.7 Å². The second-order valence-corrected chi connectivity index (χ2v) is 10.0. The van der Waals surface area contributed by atoms with Gasteiger partial charge < -0.3 is 15.0 Å². The van der Waals surface area contributed by atoms with Crippen LogP contribution in [0.3, 0.4) is 0 Å². The van der Waals surface area contributed by atoms with E-state index in [0.29, 0.717) is 22.9 Å². The minimum atomic E-state index is -0.419. The summed E-state index contributed by atoms with van der Waals surface area (Å²) in [5.74, 6) is 0. The van der Waals surface area contributed by atoms with Crippen molar-refractivity contribution in [3.05, 3.63) is 0 Å². The lowest BCUT2D eigenvalue weighted by molar-refractivity contribution is -0.141. The summed E-state index contributed by atoms with van der Waals surface area (Å²) in [6.07, 6.45) is 4.57.